The zero-order valence-electron chi connectivity index (χ0n) is 13.5. The van der Waals surface area contributed by atoms with Crippen molar-refractivity contribution in [3.05, 3.63) is 15.6 Å². The summed E-state index contributed by atoms with van der Waals surface area (Å²) in [5, 5.41) is 5.08. The van der Waals surface area contributed by atoms with Gasteiger partial charge in [0.05, 0.1) is 17.8 Å². The number of nitrogens with zero attached hydrogens (tertiary/aromatic N) is 1. The van der Waals surface area contributed by atoms with Crippen molar-refractivity contribution in [3.63, 3.8) is 0 Å². The molecule has 1 aliphatic rings. The number of aromatic nitrogens is 1. The van der Waals surface area contributed by atoms with Crippen molar-refractivity contribution in [2.45, 2.75) is 52.5 Å². The van der Waals surface area contributed by atoms with Crippen LogP contribution in [-0.4, -0.2) is 25.2 Å². The maximum absolute atomic E-state index is 5.23. The van der Waals surface area contributed by atoms with Crippen molar-refractivity contribution in [2.75, 3.05) is 20.3 Å². The summed E-state index contributed by atoms with van der Waals surface area (Å²) in [7, 11) is 1.76. The second-order valence-corrected chi connectivity index (χ2v) is 7.41. The molecule has 1 N–H and O–H groups in total. The predicted octanol–water partition coefficient (Wildman–Crippen LogP) is 3.65. The van der Waals surface area contributed by atoms with Crippen molar-refractivity contribution in [1.29, 1.82) is 0 Å². The Balaban J connectivity index is 2.32. The highest BCUT2D eigenvalue weighted by Gasteiger charge is 2.44. The number of nitrogens with one attached hydrogen (secondary N) is 1. The molecule has 0 amide bonds. The lowest BCUT2D eigenvalue weighted by molar-refractivity contribution is 0.0906. The quantitative estimate of drug-likeness (QED) is 0.842. The van der Waals surface area contributed by atoms with E-state index in [0.29, 0.717) is 5.92 Å². The van der Waals surface area contributed by atoms with Gasteiger partial charge < -0.3 is 10.1 Å². The van der Waals surface area contributed by atoms with E-state index < -0.39 is 0 Å². The first kappa shape index (κ1) is 15.9. The second-order valence-electron chi connectivity index (χ2n) is 6.21. The number of aryl methyl sites for hydroxylation is 2. The van der Waals surface area contributed by atoms with Crippen LogP contribution >= 0.6 is 11.3 Å². The Labute approximate surface area is 127 Å². The summed E-state index contributed by atoms with van der Waals surface area (Å²) in [6, 6.07) is 0. The van der Waals surface area contributed by atoms with Crippen molar-refractivity contribution in [2.24, 2.45) is 11.8 Å². The highest BCUT2D eigenvalue weighted by Crippen LogP contribution is 2.45. The zero-order valence-corrected chi connectivity index (χ0v) is 14.3. The lowest BCUT2D eigenvalue weighted by atomic mass is 9.68. The van der Waals surface area contributed by atoms with Crippen molar-refractivity contribution in [3.8, 4) is 0 Å². The first-order valence-corrected chi connectivity index (χ1v) is 8.51. The van der Waals surface area contributed by atoms with Crippen LogP contribution < -0.4 is 5.32 Å². The molecule has 1 aromatic heterocycles. The van der Waals surface area contributed by atoms with Crippen LogP contribution in [0.3, 0.4) is 0 Å². The molecule has 2 rings (SSSR count). The molecule has 1 heterocycles. The largest absolute Gasteiger partial charge is 0.383 e. The van der Waals surface area contributed by atoms with Gasteiger partial charge in [-0.05, 0) is 32.1 Å². The Morgan fingerprint density at radius 2 is 2.15 bits per heavy atom. The fourth-order valence-electron chi connectivity index (χ4n) is 3.33. The Bertz CT molecular complexity index is 426. The van der Waals surface area contributed by atoms with Gasteiger partial charge in [0.1, 0.15) is 5.01 Å². The molecule has 3 atom stereocenters. The Morgan fingerprint density at radius 1 is 1.40 bits per heavy atom. The molecule has 1 aromatic rings. The van der Waals surface area contributed by atoms with E-state index >= 15 is 0 Å². The van der Waals surface area contributed by atoms with E-state index in [2.05, 4.69) is 33.0 Å². The van der Waals surface area contributed by atoms with E-state index in [9.17, 15) is 0 Å². The molecule has 0 aliphatic heterocycles. The Hall–Kier alpha value is -0.450. The van der Waals surface area contributed by atoms with Crippen LogP contribution in [0.4, 0.5) is 0 Å². The van der Waals surface area contributed by atoms with Gasteiger partial charge in [-0.15, -0.1) is 11.3 Å². The average molecular weight is 296 g/mol. The van der Waals surface area contributed by atoms with Crippen LogP contribution in [0.25, 0.3) is 0 Å². The maximum Gasteiger partial charge on any atom is 0.114 e. The van der Waals surface area contributed by atoms with Gasteiger partial charge >= 0.3 is 0 Å². The summed E-state index contributed by atoms with van der Waals surface area (Å²) < 4.78 is 5.23. The van der Waals surface area contributed by atoms with Gasteiger partial charge in [0.25, 0.3) is 0 Å². The van der Waals surface area contributed by atoms with Gasteiger partial charge in [0.2, 0.25) is 0 Å². The summed E-state index contributed by atoms with van der Waals surface area (Å²) in [4.78, 5) is 6.23. The molecule has 4 heteroatoms. The maximum atomic E-state index is 5.23. The lowest BCUT2D eigenvalue weighted by Gasteiger charge is -2.45. The third kappa shape index (κ3) is 2.92. The van der Waals surface area contributed by atoms with Gasteiger partial charge in [-0.3, -0.25) is 0 Å². The molecule has 3 unspecified atom stereocenters. The molecule has 0 radical (unpaired) electrons. The highest BCUT2D eigenvalue weighted by molar-refractivity contribution is 7.11. The van der Waals surface area contributed by atoms with Crippen LogP contribution in [0.15, 0.2) is 0 Å². The molecule has 1 aliphatic carbocycles. The highest BCUT2D eigenvalue weighted by atomic mass is 32.1. The van der Waals surface area contributed by atoms with E-state index in [0.717, 1.165) is 19.1 Å². The van der Waals surface area contributed by atoms with Gasteiger partial charge in [-0.2, -0.15) is 0 Å². The molecule has 0 saturated heterocycles. The third-order valence-corrected chi connectivity index (χ3v) is 6.27. The topological polar surface area (TPSA) is 34.1 Å². The zero-order chi connectivity index (χ0) is 14.8. The number of ether oxygens (including phenoxy) is 1. The summed E-state index contributed by atoms with van der Waals surface area (Å²) in [5.74, 6) is 1.35. The smallest absolute Gasteiger partial charge is 0.114 e. The van der Waals surface area contributed by atoms with Crippen LogP contribution in [0.5, 0.6) is 0 Å². The molecule has 1 saturated carbocycles. The monoisotopic (exact) mass is 296 g/mol. The minimum atomic E-state index is 0.0416. The van der Waals surface area contributed by atoms with E-state index in [-0.39, 0.29) is 5.54 Å². The molecule has 0 bridgehead atoms. The first-order chi connectivity index (χ1) is 9.51. The normalized spacial score (nSPS) is 30.6. The second kappa shape index (κ2) is 6.54. The molecular formula is C16H28N2OS. The van der Waals surface area contributed by atoms with E-state index in [1.807, 2.05) is 11.3 Å². The Kier molecular flexibility index (Phi) is 5.21. The van der Waals surface area contributed by atoms with E-state index in [4.69, 9.17) is 9.72 Å². The van der Waals surface area contributed by atoms with Gasteiger partial charge in [0.15, 0.2) is 0 Å². The molecule has 114 valence electrons. The fourth-order valence-corrected chi connectivity index (χ4v) is 4.54. The van der Waals surface area contributed by atoms with E-state index in [1.165, 1.54) is 34.8 Å². The number of methoxy groups -OCH3 is 1. The van der Waals surface area contributed by atoms with Gasteiger partial charge in [0, 0.05) is 18.5 Å². The van der Waals surface area contributed by atoms with Crippen LogP contribution in [0, 0.1) is 25.7 Å². The lowest BCUT2D eigenvalue weighted by Crippen LogP contribution is -2.52. The fraction of sp³-hybridized carbons (Fsp3) is 0.812. The van der Waals surface area contributed by atoms with Crippen molar-refractivity contribution < 1.29 is 4.74 Å². The summed E-state index contributed by atoms with van der Waals surface area (Å²) in [5.41, 5.74) is 1.23. The third-order valence-electron chi connectivity index (χ3n) is 5.02. The SMILES string of the molecule is COCCNC1(c2nc(C)c(C)s2)CCCC(C)C1C. The van der Waals surface area contributed by atoms with Gasteiger partial charge in [-0.1, -0.05) is 26.7 Å². The summed E-state index contributed by atoms with van der Waals surface area (Å²) in [6.07, 6.45) is 3.80. The number of hydrogen-bond donors (Lipinski definition) is 1. The standard InChI is InChI=1S/C16H28N2OS/c1-11-7-6-8-16(12(11)2,17-9-10-19-5)15-18-13(3)14(4)20-15/h11-12,17H,6-10H2,1-5H3. The molecule has 0 spiro atoms. The Morgan fingerprint density at radius 3 is 2.75 bits per heavy atom. The number of hydrogen-bond acceptors (Lipinski definition) is 4. The number of thiazole rings is 1. The van der Waals surface area contributed by atoms with Crippen molar-refractivity contribution >= 4 is 11.3 Å². The molecule has 3 nitrogen and oxygen atoms in total. The minimum Gasteiger partial charge on any atom is -0.383 e. The molecule has 1 fully saturated rings. The molecule has 0 aromatic carbocycles. The van der Waals surface area contributed by atoms with E-state index in [1.54, 1.807) is 7.11 Å². The van der Waals surface area contributed by atoms with Gasteiger partial charge in [-0.25, -0.2) is 4.98 Å². The van der Waals surface area contributed by atoms with Crippen LogP contribution in [-0.2, 0) is 10.3 Å². The molecular weight excluding hydrogens is 268 g/mol. The predicted molar refractivity (Wildman–Crippen MR) is 85.3 cm³/mol. The van der Waals surface area contributed by atoms with Crippen LogP contribution in [0.1, 0.15) is 48.7 Å². The summed E-state index contributed by atoms with van der Waals surface area (Å²) >= 11 is 1.87. The number of rotatable bonds is 5. The first-order valence-electron chi connectivity index (χ1n) is 7.69. The minimum absolute atomic E-state index is 0.0416. The van der Waals surface area contributed by atoms with Crippen LogP contribution in [0.2, 0.25) is 0 Å². The molecule has 20 heavy (non-hydrogen) atoms. The van der Waals surface area contributed by atoms with Crippen molar-refractivity contribution in [1.82, 2.24) is 10.3 Å². The average Bonchev–Trinajstić information content (AvgIpc) is 2.75. The summed E-state index contributed by atoms with van der Waals surface area (Å²) in [6.45, 7) is 10.7.